The Labute approximate surface area is 306 Å². The molecule has 0 radical (unpaired) electrons. The van der Waals surface area contributed by atoms with E-state index in [0.717, 1.165) is 6.42 Å². The molecule has 52 heavy (non-hydrogen) atoms. The number of hydrogen-bond donors (Lipinski definition) is 3. The smallest absolute Gasteiger partial charge is 0.331 e. The van der Waals surface area contributed by atoms with Crippen molar-refractivity contribution < 1.29 is 53.3 Å². The lowest BCUT2D eigenvalue weighted by Gasteiger charge is -2.41. The molecular formula is C39H56N2O11. The van der Waals surface area contributed by atoms with E-state index in [4.69, 9.17) is 28.4 Å². The summed E-state index contributed by atoms with van der Waals surface area (Å²) in [5, 5.41) is 31.2. The van der Waals surface area contributed by atoms with Gasteiger partial charge in [0.25, 0.3) is 0 Å². The first-order valence-corrected chi connectivity index (χ1v) is 18.1. The van der Waals surface area contributed by atoms with Crippen LogP contribution in [0, 0.1) is 29.1 Å². The Morgan fingerprint density at radius 1 is 1.21 bits per heavy atom. The van der Waals surface area contributed by atoms with Crippen molar-refractivity contribution in [2.45, 2.75) is 103 Å². The third kappa shape index (κ3) is 8.95. The van der Waals surface area contributed by atoms with Crippen LogP contribution >= 0.6 is 0 Å². The van der Waals surface area contributed by atoms with Crippen molar-refractivity contribution >= 4 is 18.0 Å². The largest absolute Gasteiger partial charge is 0.456 e. The highest BCUT2D eigenvalue weighted by Crippen LogP contribution is 2.50. The first-order chi connectivity index (χ1) is 24.5. The number of aliphatic hydroxyl groups is 3. The van der Waals surface area contributed by atoms with E-state index < -0.39 is 59.4 Å². The number of aryl methyl sites for hydroxylation is 1. The summed E-state index contributed by atoms with van der Waals surface area (Å²) in [4.78, 5) is 29.7. The summed E-state index contributed by atoms with van der Waals surface area (Å²) in [6.07, 6.45) is 9.90. The van der Waals surface area contributed by atoms with Gasteiger partial charge in [0.15, 0.2) is 12.4 Å². The molecule has 0 aromatic carbocycles. The average Bonchev–Trinajstić information content (AvgIpc) is 3.68. The number of nitrogens with zero attached hydrogens (tertiary/aromatic N) is 2. The van der Waals surface area contributed by atoms with Crippen LogP contribution < -0.4 is 0 Å². The second kappa shape index (κ2) is 16.1. The molecule has 5 rings (SSSR count). The van der Waals surface area contributed by atoms with Crippen LogP contribution in [0.25, 0.3) is 6.08 Å². The lowest BCUT2D eigenvalue weighted by Crippen LogP contribution is -2.55. The Bertz CT molecular complexity index is 1560. The summed E-state index contributed by atoms with van der Waals surface area (Å²) < 4.78 is 39.2. The molecule has 1 aromatic heterocycles. The third-order valence-electron chi connectivity index (χ3n) is 10.7. The molecule has 2 bridgehead atoms. The topological polar surface area (TPSA) is 168 Å². The number of hydrogen-bond acceptors (Lipinski definition) is 12. The highest BCUT2D eigenvalue weighted by molar-refractivity contribution is 5.86. The number of allylic oxidation sites excluding steroid dienone is 3. The van der Waals surface area contributed by atoms with Gasteiger partial charge in [0.1, 0.15) is 23.9 Å². The molecule has 1 fully saturated rings. The molecule has 13 heteroatoms. The van der Waals surface area contributed by atoms with Gasteiger partial charge in [-0.2, -0.15) is 0 Å². The van der Waals surface area contributed by atoms with Crippen LogP contribution in [0.4, 0.5) is 0 Å². The fourth-order valence-corrected chi connectivity index (χ4v) is 7.44. The number of esters is 2. The number of fused-ring (bicyclic) bond motifs is 3. The van der Waals surface area contributed by atoms with Gasteiger partial charge in [-0.3, -0.25) is 4.79 Å². The van der Waals surface area contributed by atoms with E-state index in [1.54, 1.807) is 29.2 Å². The van der Waals surface area contributed by atoms with Crippen molar-refractivity contribution in [3.8, 4) is 0 Å². The predicted molar refractivity (Wildman–Crippen MR) is 190 cm³/mol. The number of ether oxygens (including phenoxy) is 6. The Morgan fingerprint density at radius 3 is 2.62 bits per heavy atom. The fourth-order valence-electron chi connectivity index (χ4n) is 7.44. The molecule has 0 amide bonds. The van der Waals surface area contributed by atoms with Gasteiger partial charge in [-0.05, 0) is 68.6 Å². The maximum absolute atomic E-state index is 13.5. The van der Waals surface area contributed by atoms with E-state index in [2.05, 4.69) is 37.9 Å². The second-order valence-corrected chi connectivity index (χ2v) is 16.0. The van der Waals surface area contributed by atoms with Crippen LogP contribution in [-0.4, -0.2) is 105 Å². The quantitative estimate of drug-likeness (QED) is 0.163. The molecule has 0 unspecified atom stereocenters. The highest BCUT2D eigenvalue weighted by atomic mass is 16.7. The monoisotopic (exact) mass is 728 g/mol. The average molecular weight is 729 g/mol. The first kappa shape index (κ1) is 40.0. The Morgan fingerprint density at radius 2 is 1.96 bits per heavy atom. The Hall–Kier alpha value is -3.17. The first-order valence-electron chi connectivity index (χ1n) is 18.1. The number of rotatable bonds is 12. The molecule has 0 saturated carbocycles. The molecule has 1 saturated heterocycles. The number of carbonyl (C=O) groups excluding carboxylic acids is 2. The molecule has 3 aliphatic heterocycles. The van der Waals surface area contributed by atoms with Crippen LogP contribution in [0.3, 0.4) is 0 Å². The highest BCUT2D eigenvalue weighted by Gasteiger charge is 2.54. The van der Waals surface area contributed by atoms with Crippen molar-refractivity contribution in [3.05, 3.63) is 59.7 Å². The van der Waals surface area contributed by atoms with Gasteiger partial charge in [-0.15, -0.1) is 0 Å². The maximum atomic E-state index is 13.5. The van der Waals surface area contributed by atoms with Gasteiger partial charge in [0, 0.05) is 37.2 Å². The zero-order chi connectivity index (χ0) is 38.0. The molecule has 0 spiro atoms. The van der Waals surface area contributed by atoms with E-state index >= 15 is 0 Å². The Balaban J connectivity index is 1.56. The number of aromatic nitrogens is 2. The van der Waals surface area contributed by atoms with E-state index in [-0.39, 0.29) is 44.2 Å². The molecule has 4 aliphatic rings. The number of aliphatic hydroxyl groups excluding tert-OH is 3. The van der Waals surface area contributed by atoms with Gasteiger partial charge in [0.05, 0.1) is 38.4 Å². The lowest BCUT2D eigenvalue weighted by atomic mass is 9.65. The third-order valence-corrected chi connectivity index (χ3v) is 10.7. The second-order valence-electron chi connectivity index (χ2n) is 16.0. The van der Waals surface area contributed by atoms with E-state index in [9.17, 15) is 24.9 Å². The molecule has 1 aliphatic carbocycles. The lowest BCUT2D eigenvalue weighted by molar-refractivity contribution is -0.279. The van der Waals surface area contributed by atoms with Gasteiger partial charge in [-0.1, -0.05) is 45.4 Å². The summed E-state index contributed by atoms with van der Waals surface area (Å²) in [6.45, 7) is 12.9. The molecule has 4 heterocycles. The minimum atomic E-state index is -1.52. The van der Waals surface area contributed by atoms with E-state index in [0.29, 0.717) is 23.6 Å². The van der Waals surface area contributed by atoms with Crippen LogP contribution in [-0.2, 0) is 45.1 Å². The van der Waals surface area contributed by atoms with Crippen LogP contribution in [0.1, 0.15) is 67.0 Å². The van der Waals surface area contributed by atoms with Crippen molar-refractivity contribution in [1.29, 1.82) is 0 Å². The van der Waals surface area contributed by atoms with E-state index in [1.165, 1.54) is 18.6 Å². The van der Waals surface area contributed by atoms with Crippen LogP contribution in [0.15, 0.2) is 54.1 Å². The minimum absolute atomic E-state index is 0.0375. The summed E-state index contributed by atoms with van der Waals surface area (Å²) in [7, 11) is 1.85. The molecule has 10 atom stereocenters. The molecular weight excluding hydrogens is 672 g/mol. The molecule has 1 aromatic rings. The SMILES string of the molecule is CC(=O)O[C@@H]1[C@H](OC/C2=C/[C@@H]3[C@@H](C(C)C)CC=C(C)[C@@H]3C[C@H](OC(=O)/C=C/c3cn(C)cn3)[C@]3(C)C=C[C@@]2(OCC(C)(C)CO)O3)OC[C@@H](O)[C@H]1O. The molecule has 288 valence electrons. The predicted octanol–water partition coefficient (Wildman–Crippen LogP) is 3.63. The fraction of sp³-hybridized carbons (Fsp3) is 0.667. The number of carbonyl (C=O) groups is 2. The van der Waals surface area contributed by atoms with Crippen LogP contribution in [0.5, 0.6) is 0 Å². The van der Waals surface area contributed by atoms with Gasteiger partial charge in [0.2, 0.25) is 5.79 Å². The van der Waals surface area contributed by atoms with Crippen molar-refractivity contribution in [2.24, 2.45) is 36.1 Å². The normalized spacial score (nSPS) is 36.0. The summed E-state index contributed by atoms with van der Waals surface area (Å²) in [5.41, 5.74) is 0.601. The van der Waals surface area contributed by atoms with Crippen molar-refractivity contribution in [2.75, 3.05) is 26.4 Å². The summed E-state index contributed by atoms with van der Waals surface area (Å²) in [6, 6.07) is 0. The van der Waals surface area contributed by atoms with Crippen molar-refractivity contribution in [3.63, 3.8) is 0 Å². The standard InChI is InChI=1S/C39H56N2O11/c1-23(2)28-11-9-24(3)29-16-32(51-33(45)12-10-27-17-41(8)22-40-27)38(7)13-14-39(52-38,49-21-37(5,6)20-42)26(15-30(28)29)18-47-36-35(50-25(4)43)34(46)31(44)19-48-36/h9-10,12-15,17,22-23,28-32,34-36,42,44,46H,11,16,18-21H2,1-8H3/b12-10+,26-15-/t28-,29+,30-,31-,32+,34-,35+,36-,38+,39-/m1/s1. The summed E-state index contributed by atoms with van der Waals surface area (Å²) >= 11 is 0. The van der Waals surface area contributed by atoms with Gasteiger partial charge in [-0.25, -0.2) is 9.78 Å². The van der Waals surface area contributed by atoms with Crippen molar-refractivity contribution in [1.82, 2.24) is 9.55 Å². The zero-order valence-corrected chi connectivity index (χ0v) is 31.6. The summed E-state index contributed by atoms with van der Waals surface area (Å²) in [5.74, 6) is -2.31. The maximum Gasteiger partial charge on any atom is 0.331 e. The molecule has 3 N–H and O–H groups in total. The zero-order valence-electron chi connectivity index (χ0n) is 31.6. The van der Waals surface area contributed by atoms with Crippen LogP contribution in [0.2, 0.25) is 0 Å². The Kier molecular flexibility index (Phi) is 12.4. The number of imidazole rings is 1. The van der Waals surface area contributed by atoms with Gasteiger partial charge >= 0.3 is 11.9 Å². The molecule has 13 nitrogen and oxygen atoms in total. The minimum Gasteiger partial charge on any atom is -0.456 e. The van der Waals surface area contributed by atoms with Gasteiger partial charge < -0.3 is 48.3 Å². The van der Waals surface area contributed by atoms with E-state index in [1.807, 2.05) is 33.9 Å².